The van der Waals surface area contributed by atoms with Crippen LogP contribution in [0.2, 0.25) is 0 Å². The summed E-state index contributed by atoms with van der Waals surface area (Å²) in [7, 11) is 0. The van der Waals surface area contributed by atoms with Crippen molar-refractivity contribution in [2.75, 3.05) is 19.6 Å². The molecule has 0 aromatic carbocycles. The molecule has 94 valence electrons. The van der Waals surface area contributed by atoms with Gasteiger partial charge in [0.2, 0.25) is 11.8 Å². The van der Waals surface area contributed by atoms with Crippen LogP contribution in [0.25, 0.3) is 0 Å². The lowest BCUT2D eigenvalue weighted by molar-refractivity contribution is -0.139. The molecule has 2 amide bonds. The Kier molecular flexibility index (Phi) is 6.72. The molecule has 0 saturated heterocycles. The van der Waals surface area contributed by atoms with Crippen LogP contribution in [0.4, 0.5) is 0 Å². The van der Waals surface area contributed by atoms with Gasteiger partial charge in [0.15, 0.2) is 0 Å². The number of rotatable bonds is 7. The first-order chi connectivity index (χ1) is 7.42. The van der Waals surface area contributed by atoms with Crippen LogP contribution in [-0.2, 0) is 9.59 Å². The zero-order valence-electron chi connectivity index (χ0n) is 10.4. The summed E-state index contributed by atoms with van der Waals surface area (Å²) < 4.78 is 0. The number of hydrogen-bond acceptors (Lipinski definition) is 3. The fourth-order valence-corrected chi connectivity index (χ4v) is 1.56. The molecule has 0 spiro atoms. The SMILES string of the molecule is CCC(CN)C(=O)N(CC(N)=O)CC(C)C. The average Bonchev–Trinajstić information content (AvgIpc) is 2.17. The number of carbonyl (C=O) groups excluding carboxylic acids is 2. The molecular formula is C11H23N3O2. The molecule has 0 aromatic heterocycles. The van der Waals surface area contributed by atoms with Crippen LogP contribution in [-0.4, -0.2) is 36.3 Å². The van der Waals surface area contributed by atoms with E-state index in [2.05, 4.69) is 0 Å². The fraction of sp³-hybridized carbons (Fsp3) is 0.818. The van der Waals surface area contributed by atoms with E-state index in [-0.39, 0.29) is 18.4 Å². The topological polar surface area (TPSA) is 89.4 Å². The molecule has 0 heterocycles. The van der Waals surface area contributed by atoms with Gasteiger partial charge in [-0.25, -0.2) is 0 Å². The number of amides is 2. The third-order valence-electron chi connectivity index (χ3n) is 2.37. The largest absolute Gasteiger partial charge is 0.368 e. The molecule has 4 N–H and O–H groups in total. The van der Waals surface area contributed by atoms with Crippen molar-refractivity contribution in [1.82, 2.24) is 4.90 Å². The Balaban J connectivity index is 4.59. The Morgan fingerprint density at radius 1 is 1.31 bits per heavy atom. The minimum Gasteiger partial charge on any atom is -0.368 e. The first kappa shape index (κ1) is 14.9. The van der Waals surface area contributed by atoms with Crippen molar-refractivity contribution in [3.8, 4) is 0 Å². The van der Waals surface area contributed by atoms with Gasteiger partial charge < -0.3 is 16.4 Å². The van der Waals surface area contributed by atoms with Crippen molar-refractivity contribution in [1.29, 1.82) is 0 Å². The number of hydrogen-bond donors (Lipinski definition) is 2. The van der Waals surface area contributed by atoms with Gasteiger partial charge in [-0.2, -0.15) is 0 Å². The van der Waals surface area contributed by atoms with Crippen molar-refractivity contribution in [3.63, 3.8) is 0 Å². The van der Waals surface area contributed by atoms with Crippen LogP contribution in [0, 0.1) is 11.8 Å². The lowest BCUT2D eigenvalue weighted by atomic mass is 10.0. The minimum atomic E-state index is -0.485. The molecule has 5 heteroatoms. The second kappa shape index (κ2) is 7.22. The van der Waals surface area contributed by atoms with Gasteiger partial charge in [-0.05, 0) is 12.3 Å². The van der Waals surface area contributed by atoms with E-state index < -0.39 is 5.91 Å². The summed E-state index contributed by atoms with van der Waals surface area (Å²) in [6.45, 7) is 6.72. The van der Waals surface area contributed by atoms with Crippen LogP contribution in [0.1, 0.15) is 27.2 Å². The maximum Gasteiger partial charge on any atom is 0.237 e. The van der Waals surface area contributed by atoms with Gasteiger partial charge in [-0.3, -0.25) is 9.59 Å². The molecule has 0 rings (SSSR count). The van der Waals surface area contributed by atoms with E-state index >= 15 is 0 Å². The van der Waals surface area contributed by atoms with Crippen LogP contribution in [0.3, 0.4) is 0 Å². The smallest absolute Gasteiger partial charge is 0.237 e. The molecule has 0 radical (unpaired) electrons. The highest BCUT2D eigenvalue weighted by atomic mass is 16.2. The summed E-state index contributed by atoms with van der Waals surface area (Å²) in [6, 6.07) is 0. The van der Waals surface area contributed by atoms with Gasteiger partial charge in [-0.15, -0.1) is 0 Å². The standard InChI is InChI=1S/C11H23N3O2/c1-4-9(5-12)11(16)14(6-8(2)3)7-10(13)15/h8-9H,4-7,12H2,1-3H3,(H2,13,15). The number of nitrogens with two attached hydrogens (primary N) is 2. The Hall–Kier alpha value is -1.10. The van der Waals surface area contributed by atoms with Crippen molar-refractivity contribution in [2.24, 2.45) is 23.3 Å². The highest BCUT2D eigenvalue weighted by Gasteiger charge is 2.23. The summed E-state index contributed by atoms with van der Waals surface area (Å²) in [6.07, 6.45) is 0.683. The number of primary amides is 1. The Morgan fingerprint density at radius 2 is 1.88 bits per heavy atom. The van der Waals surface area contributed by atoms with E-state index in [9.17, 15) is 9.59 Å². The van der Waals surface area contributed by atoms with E-state index in [1.54, 1.807) is 0 Å². The van der Waals surface area contributed by atoms with Crippen LogP contribution in [0.15, 0.2) is 0 Å². The molecule has 0 fully saturated rings. The lowest BCUT2D eigenvalue weighted by Crippen LogP contribution is -2.45. The van der Waals surface area contributed by atoms with Gasteiger partial charge >= 0.3 is 0 Å². The zero-order valence-corrected chi connectivity index (χ0v) is 10.4. The summed E-state index contributed by atoms with van der Waals surface area (Å²) in [5.41, 5.74) is 10.6. The molecular weight excluding hydrogens is 206 g/mol. The van der Waals surface area contributed by atoms with E-state index in [0.29, 0.717) is 25.4 Å². The summed E-state index contributed by atoms with van der Waals surface area (Å²) in [5.74, 6) is -0.463. The Bertz CT molecular complexity index is 237. The Morgan fingerprint density at radius 3 is 2.19 bits per heavy atom. The lowest BCUT2D eigenvalue weighted by Gasteiger charge is -2.26. The second-order valence-electron chi connectivity index (χ2n) is 4.42. The summed E-state index contributed by atoms with van der Waals surface area (Å²) in [4.78, 5) is 24.4. The third-order valence-corrected chi connectivity index (χ3v) is 2.37. The maximum absolute atomic E-state index is 12.0. The number of nitrogens with zero attached hydrogens (tertiary/aromatic N) is 1. The fourth-order valence-electron chi connectivity index (χ4n) is 1.56. The van der Waals surface area contributed by atoms with Crippen molar-refractivity contribution < 1.29 is 9.59 Å². The monoisotopic (exact) mass is 229 g/mol. The van der Waals surface area contributed by atoms with Gasteiger partial charge in [0.05, 0.1) is 12.5 Å². The average molecular weight is 229 g/mol. The first-order valence-electron chi connectivity index (χ1n) is 5.69. The van der Waals surface area contributed by atoms with Crippen molar-refractivity contribution in [2.45, 2.75) is 27.2 Å². The van der Waals surface area contributed by atoms with Crippen LogP contribution < -0.4 is 11.5 Å². The van der Waals surface area contributed by atoms with Gasteiger partial charge in [0.1, 0.15) is 0 Å². The Labute approximate surface area is 97.2 Å². The van der Waals surface area contributed by atoms with E-state index in [4.69, 9.17) is 11.5 Å². The van der Waals surface area contributed by atoms with Gasteiger partial charge in [0, 0.05) is 13.1 Å². The predicted molar refractivity (Wildman–Crippen MR) is 63.4 cm³/mol. The van der Waals surface area contributed by atoms with Crippen molar-refractivity contribution in [3.05, 3.63) is 0 Å². The van der Waals surface area contributed by atoms with E-state index in [1.165, 1.54) is 4.90 Å². The normalized spacial score (nSPS) is 12.6. The van der Waals surface area contributed by atoms with E-state index in [1.807, 2.05) is 20.8 Å². The van der Waals surface area contributed by atoms with Gasteiger partial charge in [0.25, 0.3) is 0 Å². The minimum absolute atomic E-state index is 0.0203. The van der Waals surface area contributed by atoms with Crippen LogP contribution in [0.5, 0.6) is 0 Å². The van der Waals surface area contributed by atoms with Crippen molar-refractivity contribution >= 4 is 11.8 Å². The highest BCUT2D eigenvalue weighted by molar-refractivity contribution is 5.85. The molecule has 0 aliphatic carbocycles. The predicted octanol–water partition coefficient (Wildman–Crippen LogP) is -0.0588. The molecule has 5 nitrogen and oxygen atoms in total. The summed E-state index contributed by atoms with van der Waals surface area (Å²) >= 11 is 0. The van der Waals surface area contributed by atoms with Crippen LogP contribution >= 0.6 is 0 Å². The quantitative estimate of drug-likeness (QED) is 0.641. The maximum atomic E-state index is 12.0. The molecule has 0 aromatic rings. The molecule has 16 heavy (non-hydrogen) atoms. The molecule has 0 aliphatic rings. The molecule has 1 atom stereocenters. The second-order valence-corrected chi connectivity index (χ2v) is 4.42. The summed E-state index contributed by atoms with van der Waals surface area (Å²) in [5, 5.41) is 0. The molecule has 1 unspecified atom stereocenters. The highest BCUT2D eigenvalue weighted by Crippen LogP contribution is 2.08. The third kappa shape index (κ3) is 5.11. The molecule has 0 bridgehead atoms. The number of carbonyl (C=O) groups is 2. The van der Waals surface area contributed by atoms with Gasteiger partial charge in [-0.1, -0.05) is 20.8 Å². The first-order valence-corrected chi connectivity index (χ1v) is 5.69. The molecule has 0 aliphatic heterocycles. The van der Waals surface area contributed by atoms with E-state index in [0.717, 1.165) is 0 Å². The zero-order chi connectivity index (χ0) is 12.7. The molecule has 0 saturated carbocycles.